The number of nitrogens with one attached hydrogen (secondary N) is 2. The van der Waals surface area contributed by atoms with Gasteiger partial charge in [-0.15, -0.1) is 0 Å². The van der Waals surface area contributed by atoms with Gasteiger partial charge in [-0.05, 0) is 25.8 Å². The first kappa shape index (κ1) is 7.98. The van der Waals surface area contributed by atoms with Crippen molar-refractivity contribution in [1.82, 2.24) is 10.9 Å². The third-order valence-electron chi connectivity index (χ3n) is 1.82. The average Bonchev–Trinajstić information content (AvgIpc) is 2.03. The molecule has 0 aromatic heterocycles. The van der Waals surface area contributed by atoms with Crippen LogP contribution in [0.5, 0.6) is 0 Å². The molecule has 3 nitrogen and oxygen atoms in total. The van der Waals surface area contributed by atoms with Crippen LogP contribution in [0, 0.1) is 5.92 Å². The lowest BCUT2D eigenvalue weighted by Crippen LogP contribution is -2.35. The maximum Gasteiger partial charge on any atom is 0.0506 e. The van der Waals surface area contributed by atoms with Gasteiger partial charge < -0.3 is 4.74 Å². The summed E-state index contributed by atoms with van der Waals surface area (Å²) in [4.78, 5) is 0. The van der Waals surface area contributed by atoms with Crippen molar-refractivity contribution >= 4 is 0 Å². The van der Waals surface area contributed by atoms with E-state index in [1.807, 2.05) is 7.05 Å². The predicted octanol–water partition coefficient (Wildman–Crippen LogP) is 0.137. The lowest BCUT2D eigenvalue weighted by atomic mass is 10.0. The molecular formula is C7H16N2O. The number of ether oxygens (including phenoxy) is 1. The number of hydrazine groups is 1. The normalized spacial score (nSPS) is 26.7. The Hall–Kier alpha value is -0.120. The summed E-state index contributed by atoms with van der Waals surface area (Å²) in [6.45, 7) is 2.90. The lowest BCUT2D eigenvalue weighted by Gasteiger charge is -2.21. The molecule has 1 aliphatic rings. The molecular weight excluding hydrogens is 128 g/mol. The van der Waals surface area contributed by atoms with Gasteiger partial charge in [-0.3, -0.25) is 10.9 Å². The second-order valence-electron chi connectivity index (χ2n) is 2.71. The topological polar surface area (TPSA) is 33.3 Å². The number of rotatable bonds is 3. The largest absolute Gasteiger partial charge is 0.381 e. The summed E-state index contributed by atoms with van der Waals surface area (Å²) >= 11 is 0. The molecule has 1 aliphatic heterocycles. The highest BCUT2D eigenvalue weighted by Gasteiger charge is 2.12. The molecule has 0 radical (unpaired) electrons. The highest BCUT2D eigenvalue weighted by Crippen LogP contribution is 2.11. The van der Waals surface area contributed by atoms with Crippen LogP contribution in [0.25, 0.3) is 0 Å². The third-order valence-corrected chi connectivity index (χ3v) is 1.82. The predicted molar refractivity (Wildman–Crippen MR) is 40.6 cm³/mol. The molecule has 10 heavy (non-hydrogen) atoms. The summed E-state index contributed by atoms with van der Waals surface area (Å²) in [5.41, 5.74) is 6.00. The zero-order valence-electron chi connectivity index (χ0n) is 6.52. The summed E-state index contributed by atoms with van der Waals surface area (Å²) in [6, 6.07) is 0. The molecule has 0 bridgehead atoms. The number of hydrogen-bond acceptors (Lipinski definition) is 3. The Balaban J connectivity index is 2.02. The van der Waals surface area contributed by atoms with Crippen molar-refractivity contribution in [2.45, 2.75) is 12.8 Å². The Labute approximate surface area is 62.1 Å². The summed E-state index contributed by atoms with van der Waals surface area (Å²) in [5.74, 6) is 0.709. The Morgan fingerprint density at radius 3 is 3.10 bits per heavy atom. The molecule has 0 aromatic carbocycles. The monoisotopic (exact) mass is 144 g/mol. The summed E-state index contributed by atoms with van der Waals surface area (Å²) in [6.07, 6.45) is 2.52. The van der Waals surface area contributed by atoms with Crippen LogP contribution in [-0.2, 0) is 4.74 Å². The Kier molecular flexibility index (Phi) is 3.72. The SMILES string of the molecule is CNNCC1CCCOC1. The maximum atomic E-state index is 5.31. The molecule has 1 heterocycles. The van der Waals surface area contributed by atoms with Crippen LogP contribution in [0.4, 0.5) is 0 Å². The van der Waals surface area contributed by atoms with Gasteiger partial charge in [-0.25, -0.2) is 0 Å². The van der Waals surface area contributed by atoms with Gasteiger partial charge in [0.15, 0.2) is 0 Å². The molecule has 60 valence electrons. The molecule has 0 saturated carbocycles. The molecule has 1 unspecified atom stereocenters. The lowest BCUT2D eigenvalue weighted by molar-refractivity contribution is 0.0538. The standard InChI is InChI=1S/C7H16N2O/c1-8-9-5-7-3-2-4-10-6-7/h7-9H,2-6H2,1H3. The molecule has 1 atom stereocenters. The highest BCUT2D eigenvalue weighted by atomic mass is 16.5. The van der Waals surface area contributed by atoms with Crippen LogP contribution < -0.4 is 10.9 Å². The van der Waals surface area contributed by atoms with Crippen molar-refractivity contribution in [3.8, 4) is 0 Å². The van der Waals surface area contributed by atoms with Crippen LogP contribution in [0.1, 0.15) is 12.8 Å². The van der Waals surface area contributed by atoms with Gasteiger partial charge in [-0.2, -0.15) is 0 Å². The summed E-state index contributed by atoms with van der Waals surface area (Å²) in [5, 5.41) is 0. The first-order valence-electron chi connectivity index (χ1n) is 3.91. The van der Waals surface area contributed by atoms with Gasteiger partial charge in [0, 0.05) is 13.2 Å². The number of hydrogen-bond donors (Lipinski definition) is 2. The molecule has 2 N–H and O–H groups in total. The Morgan fingerprint density at radius 2 is 2.50 bits per heavy atom. The van der Waals surface area contributed by atoms with Crippen LogP contribution in [0.3, 0.4) is 0 Å². The second kappa shape index (κ2) is 4.66. The summed E-state index contributed by atoms with van der Waals surface area (Å²) < 4.78 is 5.31. The minimum absolute atomic E-state index is 0.709. The van der Waals surface area contributed by atoms with E-state index in [1.54, 1.807) is 0 Å². The fourth-order valence-corrected chi connectivity index (χ4v) is 1.21. The Bertz CT molecular complexity index is 81.7. The van der Waals surface area contributed by atoms with E-state index in [0.717, 1.165) is 19.8 Å². The van der Waals surface area contributed by atoms with Crippen molar-refractivity contribution < 1.29 is 4.74 Å². The molecule has 0 aromatic rings. The van der Waals surface area contributed by atoms with Gasteiger partial charge in [0.25, 0.3) is 0 Å². The van der Waals surface area contributed by atoms with Crippen molar-refractivity contribution in [1.29, 1.82) is 0 Å². The van der Waals surface area contributed by atoms with Crippen LogP contribution in [-0.4, -0.2) is 26.8 Å². The second-order valence-corrected chi connectivity index (χ2v) is 2.71. The molecule has 0 spiro atoms. The van der Waals surface area contributed by atoms with Crippen LogP contribution in [0.15, 0.2) is 0 Å². The van der Waals surface area contributed by atoms with E-state index in [-0.39, 0.29) is 0 Å². The maximum absolute atomic E-state index is 5.31. The molecule has 0 aliphatic carbocycles. The average molecular weight is 144 g/mol. The first-order valence-corrected chi connectivity index (χ1v) is 3.91. The van der Waals surface area contributed by atoms with Gasteiger partial charge in [-0.1, -0.05) is 0 Å². The zero-order valence-corrected chi connectivity index (χ0v) is 6.52. The van der Waals surface area contributed by atoms with Crippen LogP contribution in [0.2, 0.25) is 0 Å². The van der Waals surface area contributed by atoms with E-state index in [0.29, 0.717) is 5.92 Å². The minimum atomic E-state index is 0.709. The van der Waals surface area contributed by atoms with Crippen LogP contribution >= 0.6 is 0 Å². The molecule has 1 fully saturated rings. The first-order chi connectivity index (χ1) is 4.93. The van der Waals surface area contributed by atoms with Gasteiger partial charge in [0.1, 0.15) is 0 Å². The van der Waals surface area contributed by atoms with Crippen molar-refractivity contribution in [3.63, 3.8) is 0 Å². The quantitative estimate of drug-likeness (QED) is 0.553. The fraction of sp³-hybridized carbons (Fsp3) is 1.00. The fourth-order valence-electron chi connectivity index (χ4n) is 1.21. The molecule has 3 heteroatoms. The summed E-state index contributed by atoms with van der Waals surface area (Å²) in [7, 11) is 1.89. The van der Waals surface area contributed by atoms with E-state index in [9.17, 15) is 0 Å². The van der Waals surface area contributed by atoms with Gasteiger partial charge in [0.2, 0.25) is 0 Å². The van der Waals surface area contributed by atoms with Gasteiger partial charge >= 0.3 is 0 Å². The van der Waals surface area contributed by atoms with E-state index in [2.05, 4.69) is 10.9 Å². The third kappa shape index (κ3) is 2.64. The smallest absolute Gasteiger partial charge is 0.0506 e. The Morgan fingerprint density at radius 1 is 1.60 bits per heavy atom. The van der Waals surface area contributed by atoms with E-state index < -0.39 is 0 Å². The van der Waals surface area contributed by atoms with Crippen molar-refractivity contribution in [2.75, 3.05) is 26.8 Å². The molecule has 0 amide bonds. The van der Waals surface area contributed by atoms with E-state index in [4.69, 9.17) is 4.74 Å². The van der Waals surface area contributed by atoms with E-state index in [1.165, 1.54) is 12.8 Å². The van der Waals surface area contributed by atoms with Gasteiger partial charge in [0.05, 0.1) is 6.61 Å². The van der Waals surface area contributed by atoms with E-state index >= 15 is 0 Å². The highest BCUT2D eigenvalue weighted by molar-refractivity contribution is 4.63. The molecule has 1 rings (SSSR count). The minimum Gasteiger partial charge on any atom is -0.381 e. The van der Waals surface area contributed by atoms with Crippen molar-refractivity contribution in [3.05, 3.63) is 0 Å². The zero-order chi connectivity index (χ0) is 7.23. The molecule has 1 saturated heterocycles. The van der Waals surface area contributed by atoms with Crippen molar-refractivity contribution in [2.24, 2.45) is 5.92 Å².